The highest BCUT2D eigenvalue weighted by molar-refractivity contribution is 7.71. The molecular weight excluding hydrogens is 388 g/mol. The van der Waals surface area contributed by atoms with E-state index in [1.807, 2.05) is 42.5 Å². The zero-order valence-electron chi connectivity index (χ0n) is 16.0. The molecule has 2 N–H and O–H groups in total. The second-order valence-electron chi connectivity index (χ2n) is 6.97. The third-order valence-corrected chi connectivity index (χ3v) is 5.04. The van der Waals surface area contributed by atoms with E-state index in [0.717, 1.165) is 33.3 Å². The molecule has 0 bridgehead atoms. The molecule has 0 spiro atoms. The lowest BCUT2D eigenvalue weighted by atomic mass is 10.0. The molecule has 0 fully saturated rings. The summed E-state index contributed by atoms with van der Waals surface area (Å²) in [5.74, 6) is 0.534. The van der Waals surface area contributed by atoms with Crippen LogP contribution in [0.15, 0.2) is 48.8 Å². The quantitative estimate of drug-likeness (QED) is 0.420. The monoisotopic (exact) mass is 408 g/mol. The van der Waals surface area contributed by atoms with E-state index in [4.69, 9.17) is 0 Å². The first-order valence-electron chi connectivity index (χ1n) is 9.15. The lowest BCUT2D eigenvalue weighted by molar-refractivity contribution is 0.614. The first-order valence-corrected chi connectivity index (χ1v) is 10.5. The number of thiol groups is 1. The van der Waals surface area contributed by atoms with Gasteiger partial charge in [0.15, 0.2) is 5.69 Å². The van der Waals surface area contributed by atoms with Gasteiger partial charge in [-0.15, -0.1) is 10.2 Å². The van der Waals surface area contributed by atoms with E-state index in [9.17, 15) is 8.42 Å². The Balaban J connectivity index is 1.77. The maximum Gasteiger partial charge on any atom is 0.203 e. The van der Waals surface area contributed by atoms with Gasteiger partial charge in [-0.3, -0.25) is 5.10 Å². The van der Waals surface area contributed by atoms with Crippen molar-refractivity contribution in [2.24, 2.45) is 0 Å². The molecule has 0 saturated heterocycles. The lowest BCUT2D eigenvalue weighted by Crippen LogP contribution is -2.12. The summed E-state index contributed by atoms with van der Waals surface area (Å²) in [6.07, 6.45) is 1.51. The van der Waals surface area contributed by atoms with E-state index >= 15 is 0 Å². The molecule has 0 amide bonds. The standard InChI is InChI=1S/C20H20N6O2S/c1-12(2)23-18-16-8-7-15(14-5-3-13(4-6-14)10-29(27)28)9-17(16)24-25-19(18)20-21-11-22-26-20/h3-9,11-12,29H,10H2,1-2H3,(H,23,24)(H,21,22,26). The predicted octanol–water partition coefficient (Wildman–Crippen LogP) is 3.01. The third kappa shape index (κ3) is 4.09. The number of aromatic nitrogens is 5. The third-order valence-electron chi connectivity index (χ3n) is 4.42. The van der Waals surface area contributed by atoms with Crippen molar-refractivity contribution in [3.05, 3.63) is 54.4 Å². The molecule has 0 aliphatic carbocycles. The lowest BCUT2D eigenvalue weighted by Gasteiger charge is -2.15. The van der Waals surface area contributed by atoms with Crippen molar-refractivity contribution in [2.75, 3.05) is 5.32 Å². The van der Waals surface area contributed by atoms with Gasteiger partial charge in [-0.1, -0.05) is 30.3 Å². The molecule has 0 aliphatic rings. The molecule has 2 aromatic heterocycles. The van der Waals surface area contributed by atoms with Crippen LogP contribution in [0.25, 0.3) is 33.5 Å². The Hall–Kier alpha value is -3.33. The van der Waals surface area contributed by atoms with E-state index in [1.165, 1.54) is 6.33 Å². The van der Waals surface area contributed by atoms with Crippen LogP contribution in [0.1, 0.15) is 19.4 Å². The van der Waals surface area contributed by atoms with E-state index in [0.29, 0.717) is 11.5 Å². The van der Waals surface area contributed by atoms with Gasteiger partial charge < -0.3 is 5.32 Å². The van der Waals surface area contributed by atoms with Crippen LogP contribution < -0.4 is 5.32 Å². The van der Waals surface area contributed by atoms with Crippen LogP contribution in [0, 0.1) is 0 Å². The first kappa shape index (κ1) is 19.0. The fourth-order valence-corrected chi connectivity index (χ4v) is 3.66. The van der Waals surface area contributed by atoms with Crippen LogP contribution >= 0.6 is 0 Å². The van der Waals surface area contributed by atoms with Crippen LogP contribution in [-0.2, 0) is 16.5 Å². The number of anilines is 1. The van der Waals surface area contributed by atoms with Gasteiger partial charge >= 0.3 is 0 Å². The average Bonchev–Trinajstić information content (AvgIpc) is 3.22. The van der Waals surface area contributed by atoms with Gasteiger partial charge in [0, 0.05) is 11.4 Å². The summed E-state index contributed by atoms with van der Waals surface area (Å²) in [5.41, 5.74) is 4.91. The van der Waals surface area contributed by atoms with Crippen molar-refractivity contribution < 1.29 is 8.42 Å². The van der Waals surface area contributed by atoms with Gasteiger partial charge in [0.25, 0.3) is 0 Å². The van der Waals surface area contributed by atoms with Crippen molar-refractivity contribution in [3.8, 4) is 22.6 Å². The largest absolute Gasteiger partial charge is 0.380 e. The van der Waals surface area contributed by atoms with Crippen molar-refractivity contribution in [1.82, 2.24) is 25.4 Å². The van der Waals surface area contributed by atoms with Gasteiger partial charge in [0.1, 0.15) is 17.0 Å². The molecule has 0 atom stereocenters. The normalized spacial score (nSPS) is 11.4. The van der Waals surface area contributed by atoms with Gasteiger partial charge in [0.2, 0.25) is 5.82 Å². The maximum atomic E-state index is 10.9. The van der Waals surface area contributed by atoms with Gasteiger partial charge in [0.05, 0.1) is 17.0 Å². The Morgan fingerprint density at radius 3 is 2.45 bits per heavy atom. The fourth-order valence-electron chi connectivity index (χ4n) is 3.15. The summed E-state index contributed by atoms with van der Waals surface area (Å²) in [7, 11) is -2.43. The van der Waals surface area contributed by atoms with Gasteiger partial charge in [-0.25, -0.2) is 13.4 Å². The summed E-state index contributed by atoms with van der Waals surface area (Å²) in [6, 6.07) is 13.7. The van der Waals surface area contributed by atoms with Gasteiger partial charge in [-0.05, 0) is 42.7 Å². The second-order valence-corrected chi connectivity index (χ2v) is 7.95. The molecule has 29 heavy (non-hydrogen) atoms. The van der Waals surface area contributed by atoms with Crippen molar-refractivity contribution in [3.63, 3.8) is 0 Å². The highest BCUT2D eigenvalue weighted by Crippen LogP contribution is 2.33. The Morgan fingerprint density at radius 2 is 1.79 bits per heavy atom. The van der Waals surface area contributed by atoms with Gasteiger partial charge in [-0.2, -0.15) is 5.10 Å². The topological polar surface area (TPSA) is 114 Å². The number of rotatable bonds is 6. The molecule has 2 aromatic carbocycles. The highest BCUT2D eigenvalue weighted by Gasteiger charge is 2.16. The average molecular weight is 408 g/mol. The molecule has 4 aromatic rings. The van der Waals surface area contributed by atoms with Crippen molar-refractivity contribution >= 4 is 27.3 Å². The zero-order valence-corrected chi connectivity index (χ0v) is 16.9. The number of fused-ring (bicyclic) bond motifs is 1. The number of hydrogen-bond acceptors (Lipinski definition) is 7. The fraction of sp³-hybridized carbons (Fsp3) is 0.200. The molecule has 0 unspecified atom stereocenters. The first-order chi connectivity index (χ1) is 14.0. The summed E-state index contributed by atoms with van der Waals surface area (Å²) in [4.78, 5) is 4.20. The minimum absolute atomic E-state index is 0.0487. The van der Waals surface area contributed by atoms with Crippen LogP contribution in [0.4, 0.5) is 5.69 Å². The van der Waals surface area contributed by atoms with Crippen molar-refractivity contribution in [1.29, 1.82) is 0 Å². The molecule has 0 radical (unpaired) electrons. The number of H-pyrrole nitrogens is 1. The van der Waals surface area contributed by atoms with Crippen LogP contribution in [0.2, 0.25) is 0 Å². The van der Waals surface area contributed by atoms with E-state index in [1.54, 1.807) is 0 Å². The molecular formula is C20H20N6O2S. The summed E-state index contributed by atoms with van der Waals surface area (Å²) in [5, 5.41) is 19.9. The Morgan fingerprint density at radius 1 is 1.03 bits per heavy atom. The SMILES string of the molecule is CC(C)Nc1c(-c2nc[nH]n2)nnc2cc(-c3ccc(C[SH](=O)=O)cc3)ccc12. The van der Waals surface area contributed by atoms with Crippen LogP contribution in [0.5, 0.6) is 0 Å². The van der Waals surface area contributed by atoms with E-state index in [-0.39, 0.29) is 11.8 Å². The Kier molecular flexibility index (Phi) is 5.22. The number of nitrogens with zero attached hydrogens (tertiary/aromatic N) is 4. The summed E-state index contributed by atoms with van der Waals surface area (Å²) in [6.45, 7) is 4.11. The molecule has 4 rings (SSSR count). The summed E-state index contributed by atoms with van der Waals surface area (Å²) < 4.78 is 21.8. The van der Waals surface area contributed by atoms with Crippen molar-refractivity contribution in [2.45, 2.75) is 25.6 Å². The minimum atomic E-state index is -2.43. The molecule has 9 heteroatoms. The molecule has 8 nitrogen and oxygen atoms in total. The van der Waals surface area contributed by atoms with Crippen LogP contribution in [-0.4, -0.2) is 39.8 Å². The minimum Gasteiger partial charge on any atom is -0.380 e. The number of nitrogens with one attached hydrogen (secondary N) is 2. The molecule has 2 heterocycles. The number of hydrogen-bond donors (Lipinski definition) is 3. The van der Waals surface area contributed by atoms with Crippen LogP contribution in [0.3, 0.4) is 0 Å². The Bertz CT molecular complexity index is 1210. The zero-order chi connectivity index (χ0) is 20.4. The number of aromatic amines is 1. The number of benzene rings is 2. The molecule has 148 valence electrons. The maximum absolute atomic E-state index is 10.9. The molecule has 0 aliphatic heterocycles. The Labute approximate surface area is 169 Å². The van der Waals surface area contributed by atoms with E-state index < -0.39 is 10.7 Å². The molecule has 0 saturated carbocycles. The smallest absolute Gasteiger partial charge is 0.203 e. The van der Waals surface area contributed by atoms with E-state index in [2.05, 4.69) is 44.5 Å². The predicted molar refractivity (Wildman–Crippen MR) is 113 cm³/mol. The second kappa shape index (κ2) is 7.96. The highest BCUT2D eigenvalue weighted by atomic mass is 32.2. The summed E-state index contributed by atoms with van der Waals surface area (Å²) >= 11 is 0.